The van der Waals surface area contributed by atoms with Crippen molar-refractivity contribution in [3.05, 3.63) is 17.7 Å². The number of hydrogen-bond acceptors (Lipinski definition) is 3. The lowest BCUT2D eigenvalue weighted by Crippen LogP contribution is -2.33. The van der Waals surface area contributed by atoms with E-state index in [2.05, 4.69) is 29.5 Å². The first-order valence-electron chi connectivity index (χ1n) is 6.81. The van der Waals surface area contributed by atoms with Gasteiger partial charge < -0.3 is 10.6 Å². The Morgan fingerprint density at radius 3 is 2.47 bits per heavy atom. The minimum Gasteiger partial charge on any atom is -0.371 e. The first-order valence-corrected chi connectivity index (χ1v) is 6.81. The maximum absolute atomic E-state index is 13.7. The molecule has 1 aromatic heterocycles. The molecule has 5 heteroatoms. The van der Waals surface area contributed by atoms with Crippen LogP contribution in [0.15, 0.2) is 6.07 Å². The van der Waals surface area contributed by atoms with Gasteiger partial charge in [-0.3, -0.25) is 0 Å². The summed E-state index contributed by atoms with van der Waals surface area (Å²) in [5.74, 6) is 0.0797. The molecule has 106 valence electrons. The molecule has 3 unspecified atom stereocenters. The molecule has 0 radical (unpaired) electrons. The zero-order valence-corrected chi connectivity index (χ0v) is 11.6. The van der Waals surface area contributed by atoms with Crippen LogP contribution in [0.5, 0.6) is 0 Å². The molecule has 2 N–H and O–H groups in total. The van der Waals surface area contributed by atoms with Crippen molar-refractivity contribution < 1.29 is 8.78 Å². The number of nitrogens with one attached hydrogen (secondary N) is 2. The second-order valence-corrected chi connectivity index (χ2v) is 5.55. The van der Waals surface area contributed by atoms with Crippen LogP contribution in [-0.4, -0.2) is 18.1 Å². The maximum Gasteiger partial charge on any atom is 0.168 e. The van der Waals surface area contributed by atoms with Gasteiger partial charge in [0.15, 0.2) is 23.3 Å². The molecule has 1 aliphatic rings. The second-order valence-electron chi connectivity index (χ2n) is 5.55. The first-order chi connectivity index (χ1) is 9.01. The number of anilines is 2. The van der Waals surface area contributed by atoms with Crippen LogP contribution in [-0.2, 0) is 0 Å². The standard InChI is InChI=1S/C14H21F2N3/c1-8-4-5-12(9(2)6-8)18-14-11(16)7-10(15)13(17-3)19-14/h7-9,12H,4-6H2,1-3H3,(H2,17,18,19). The third kappa shape index (κ3) is 3.14. The maximum atomic E-state index is 13.7. The van der Waals surface area contributed by atoms with Crippen molar-refractivity contribution in [1.29, 1.82) is 0 Å². The van der Waals surface area contributed by atoms with Crippen LogP contribution in [0.1, 0.15) is 33.1 Å². The van der Waals surface area contributed by atoms with Crippen molar-refractivity contribution in [2.24, 2.45) is 11.8 Å². The number of pyridine rings is 1. The third-order valence-electron chi connectivity index (χ3n) is 3.92. The van der Waals surface area contributed by atoms with Crippen LogP contribution < -0.4 is 10.6 Å². The fraction of sp³-hybridized carbons (Fsp3) is 0.643. The molecule has 0 bridgehead atoms. The van der Waals surface area contributed by atoms with Gasteiger partial charge >= 0.3 is 0 Å². The third-order valence-corrected chi connectivity index (χ3v) is 3.92. The van der Waals surface area contributed by atoms with Crippen molar-refractivity contribution in [2.45, 2.75) is 39.2 Å². The highest BCUT2D eigenvalue weighted by atomic mass is 19.1. The van der Waals surface area contributed by atoms with Gasteiger partial charge in [0.25, 0.3) is 0 Å². The van der Waals surface area contributed by atoms with E-state index in [1.165, 1.54) is 0 Å². The summed E-state index contributed by atoms with van der Waals surface area (Å²) in [6.07, 6.45) is 3.25. The molecule has 1 aliphatic carbocycles. The average molecular weight is 269 g/mol. The molecule has 3 atom stereocenters. The van der Waals surface area contributed by atoms with E-state index in [4.69, 9.17) is 0 Å². The molecule has 0 saturated heterocycles. The lowest BCUT2D eigenvalue weighted by Gasteiger charge is -2.33. The summed E-state index contributed by atoms with van der Waals surface area (Å²) >= 11 is 0. The van der Waals surface area contributed by atoms with Gasteiger partial charge in [-0.05, 0) is 31.1 Å². The minimum atomic E-state index is -0.670. The van der Waals surface area contributed by atoms with Gasteiger partial charge in [-0.25, -0.2) is 13.8 Å². The van der Waals surface area contributed by atoms with E-state index < -0.39 is 11.6 Å². The Balaban J connectivity index is 2.14. The molecule has 2 rings (SSSR count). The average Bonchev–Trinajstić information content (AvgIpc) is 2.35. The van der Waals surface area contributed by atoms with Gasteiger partial charge in [0, 0.05) is 19.2 Å². The smallest absolute Gasteiger partial charge is 0.168 e. The summed E-state index contributed by atoms with van der Waals surface area (Å²) in [6, 6.07) is 1.07. The van der Waals surface area contributed by atoms with E-state index in [1.807, 2.05) is 0 Å². The molecule has 1 saturated carbocycles. The lowest BCUT2D eigenvalue weighted by atomic mass is 9.80. The highest BCUT2D eigenvalue weighted by molar-refractivity contribution is 5.47. The Hall–Kier alpha value is -1.39. The van der Waals surface area contributed by atoms with E-state index in [1.54, 1.807) is 7.05 Å². The molecule has 0 amide bonds. The number of rotatable bonds is 3. The summed E-state index contributed by atoms with van der Waals surface area (Å²) < 4.78 is 27.1. The normalized spacial score (nSPS) is 27.1. The summed E-state index contributed by atoms with van der Waals surface area (Å²) in [4.78, 5) is 3.97. The van der Waals surface area contributed by atoms with Crippen molar-refractivity contribution in [1.82, 2.24) is 4.98 Å². The van der Waals surface area contributed by atoms with Crippen LogP contribution in [0.3, 0.4) is 0 Å². The van der Waals surface area contributed by atoms with Crippen LogP contribution in [0, 0.1) is 23.5 Å². The van der Waals surface area contributed by atoms with Crippen molar-refractivity contribution in [3.8, 4) is 0 Å². The van der Waals surface area contributed by atoms with Crippen LogP contribution in [0.4, 0.5) is 20.4 Å². The second kappa shape index (κ2) is 5.72. The molecule has 1 heterocycles. The van der Waals surface area contributed by atoms with Gasteiger partial charge in [-0.2, -0.15) is 0 Å². The Kier molecular flexibility index (Phi) is 4.22. The largest absolute Gasteiger partial charge is 0.371 e. The van der Waals surface area contributed by atoms with Crippen LogP contribution in [0.25, 0.3) is 0 Å². The zero-order valence-electron chi connectivity index (χ0n) is 11.6. The fourth-order valence-electron chi connectivity index (χ4n) is 2.80. The van der Waals surface area contributed by atoms with Crippen LogP contribution in [0.2, 0.25) is 0 Å². The van der Waals surface area contributed by atoms with Gasteiger partial charge in [0.2, 0.25) is 0 Å². The quantitative estimate of drug-likeness (QED) is 0.879. The highest BCUT2D eigenvalue weighted by Crippen LogP contribution is 2.31. The SMILES string of the molecule is CNc1nc(NC2CCC(C)CC2C)c(F)cc1F. The van der Waals surface area contributed by atoms with E-state index in [-0.39, 0.29) is 17.7 Å². The zero-order chi connectivity index (χ0) is 14.0. The summed E-state index contributed by atoms with van der Waals surface area (Å²) in [5, 5.41) is 5.75. The molecule has 0 spiro atoms. The molecular weight excluding hydrogens is 248 g/mol. The molecule has 19 heavy (non-hydrogen) atoms. The summed E-state index contributed by atoms with van der Waals surface area (Å²) in [7, 11) is 1.57. The topological polar surface area (TPSA) is 37.0 Å². The molecule has 1 fully saturated rings. The highest BCUT2D eigenvalue weighted by Gasteiger charge is 2.26. The first kappa shape index (κ1) is 14.0. The van der Waals surface area contributed by atoms with Crippen LogP contribution >= 0.6 is 0 Å². The van der Waals surface area contributed by atoms with Gasteiger partial charge in [0.1, 0.15) is 0 Å². The molecule has 0 aliphatic heterocycles. The Bertz CT molecular complexity index is 451. The van der Waals surface area contributed by atoms with Gasteiger partial charge in [-0.15, -0.1) is 0 Å². The Morgan fingerprint density at radius 1 is 1.16 bits per heavy atom. The molecular formula is C14H21F2N3. The predicted octanol–water partition coefficient (Wildman–Crippen LogP) is 3.64. The fourth-order valence-corrected chi connectivity index (χ4v) is 2.80. The Morgan fingerprint density at radius 2 is 1.84 bits per heavy atom. The molecule has 1 aromatic rings. The van der Waals surface area contributed by atoms with E-state index in [9.17, 15) is 8.78 Å². The summed E-state index contributed by atoms with van der Waals surface area (Å²) in [6.45, 7) is 4.40. The van der Waals surface area contributed by atoms with Gasteiger partial charge in [0.05, 0.1) is 0 Å². The van der Waals surface area contributed by atoms with E-state index in [0.29, 0.717) is 11.8 Å². The monoisotopic (exact) mass is 269 g/mol. The van der Waals surface area contributed by atoms with Crippen molar-refractivity contribution in [3.63, 3.8) is 0 Å². The molecule has 3 nitrogen and oxygen atoms in total. The summed E-state index contributed by atoms with van der Waals surface area (Å²) in [5.41, 5.74) is 0. The van der Waals surface area contributed by atoms with Gasteiger partial charge in [-0.1, -0.05) is 13.8 Å². The molecule has 0 aromatic carbocycles. The number of aromatic nitrogens is 1. The van der Waals surface area contributed by atoms with E-state index in [0.717, 1.165) is 25.3 Å². The predicted molar refractivity (Wildman–Crippen MR) is 73.3 cm³/mol. The number of halogens is 2. The number of nitrogens with zero attached hydrogens (tertiary/aromatic N) is 1. The van der Waals surface area contributed by atoms with E-state index >= 15 is 0 Å². The minimum absolute atomic E-state index is 0.0701. The van der Waals surface area contributed by atoms with Crippen molar-refractivity contribution >= 4 is 11.6 Å². The number of hydrogen-bond donors (Lipinski definition) is 2. The Labute approximate surface area is 112 Å². The lowest BCUT2D eigenvalue weighted by molar-refractivity contribution is 0.275. The van der Waals surface area contributed by atoms with Crippen molar-refractivity contribution in [2.75, 3.05) is 17.7 Å².